The van der Waals surface area contributed by atoms with Crippen LogP contribution >= 0.6 is 11.9 Å². The van der Waals surface area contributed by atoms with Gasteiger partial charge in [0.05, 0.1) is 0 Å². The predicted octanol–water partition coefficient (Wildman–Crippen LogP) is -2.95. The Morgan fingerprint density at radius 3 is 2.17 bits per heavy atom. The summed E-state index contributed by atoms with van der Waals surface area (Å²) in [4.78, 5) is 0. The van der Waals surface area contributed by atoms with Crippen LogP contribution < -0.4 is 17.5 Å². The van der Waals surface area contributed by atoms with Gasteiger partial charge in [0, 0.05) is 0 Å². The summed E-state index contributed by atoms with van der Waals surface area (Å²) in [5, 5.41) is 13.0. The van der Waals surface area contributed by atoms with E-state index >= 15 is 0 Å². The lowest BCUT2D eigenvalue weighted by molar-refractivity contribution is -0.00000258. The largest absolute Gasteiger partial charge is 1.00 e. The molecule has 0 radical (unpaired) electrons. The van der Waals surface area contributed by atoms with Crippen LogP contribution in [-0.2, 0) is 0 Å². The van der Waals surface area contributed by atoms with E-state index in [4.69, 9.17) is 10.2 Å². The second-order valence-corrected chi connectivity index (χ2v) is 1.69. The fourth-order valence-corrected chi connectivity index (χ4v) is 0. The molecule has 1 unspecified atom stereocenters. The van der Waals surface area contributed by atoms with E-state index in [2.05, 4.69) is 0 Å². The van der Waals surface area contributed by atoms with Crippen molar-refractivity contribution in [2.75, 3.05) is 0 Å². The van der Waals surface area contributed by atoms with Crippen molar-refractivity contribution in [3.8, 4) is 0 Å². The maximum absolute atomic E-state index is 8.20. The molecule has 1 atom stereocenters. The molecular formula is C2H8ClNOS. The maximum atomic E-state index is 8.20. The molecule has 0 spiro atoms. The second kappa shape index (κ2) is 5.56. The van der Waals surface area contributed by atoms with Crippen molar-refractivity contribution in [2.45, 2.75) is 12.4 Å². The quantitative estimate of drug-likeness (QED) is 0.294. The second-order valence-electron chi connectivity index (χ2n) is 0.735. The van der Waals surface area contributed by atoms with Gasteiger partial charge >= 0.3 is 1.43 Å². The number of aliphatic hydroxyl groups excluding tert-OH is 1. The van der Waals surface area contributed by atoms with E-state index in [9.17, 15) is 0 Å². The van der Waals surface area contributed by atoms with Crippen LogP contribution in [0.4, 0.5) is 0 Å². The minimum Gasteiger partial charge on any atom is -1.00 e. The average Bonchev–Trinajstić information content (AvgIpc) is 1.38. The molecule has 0 rings (SSSR count). The predicted molar refractivity (Wildman–Crippen MR) is 24.6 cm³/mol. The van der Waals surface area contributed by atoms with Crippen LogP contribution in [0.3, 0.4) is 0 Å². The Kier molecular flexibility index (Phi) is 9.04. The summed E-state index contributed by atoms with van der Waals surface area (Å²) in [5.41, 5.74) is -0.421. The standard InChI is InChI=1S/C2H7NOS.ClH/c1-2(4)5-3;/h2,4H,3H2,1H3;1H. The third-order valence-electron chi connectivity index (χ3n) is 0.197. The first-order chi connectivity index (χ1) is 2.27. The fourth-order valence-electron chi connectivity index (χ4n) is 0. The van der Waals surface area contributed by atoms with E-state index in [0.29, 0.717) is 0 Å². The van der Waals surface area contributed by atoms with Gasteiger partial charge in [0.2, 0.25) is 0 Å². The first-order valence-corrected chi connectivity index (χ1v) is 2.25. The van der Waals surface area contributed by atoms with E-state index in [0.717, 1.165) is 11.9 Å². The summed E-state index contributed by atoms with van der Waals surface area (Å²) in [6, 6.07) is 0. The molecule has 6 heavy (non-hydrogen) atoms. The van der Waals surface area contributed by atoms with E-state index < -0.39 is 5.44 Å². The van der Waals surface area contributed by atoms with Crippen LogP contribution in [-0.4, -0.2) is 10.5 Å². The Hall–Kier alpha value is 0.560. The first kappa shape index (κ1) is 9.75. The van der Waals surface area contributed by atoms with Crippen molar-refractivity contribution in [1.82, 2.24) is 0 Å². The zero-order valence-corrected chi connectivity index (χ0v) is 4.96. The van der Waals surface area contributed by atoms with Crippen molar-refractivity contribution in [1.29, 1.82) is 0 Å². The average molecular weight is 130 g/mol. The SMILES string of the molecule is CC(O)SN.[Cl-].[H+]. The number of rotatable bonds is 1. The summed E-state index contributed by atoms with van der Waals surface area (Å²) in [6.07, 6.45) is 0. The van der Waals surface area contributed by atoms with Gasteiger partial charge in [0.25, 0.3) is 0 Å². The molecule has 0 aromatic rings. The topological polar surface area (TPSA) is 46.2 Å². The van der Waals surface area contributed by atoms with E-state index in [-0.39, 0.29) is 13.8 Å². The molecule has 0 saturated carbocycles. The molecule has 3 N–H and O–H groups in total. The van der Waals surface area contributed by atoms with Gasteiger partial charge in [-0.05, 0) is 6.92 Å². The third kappa shape index (κ3) is 8.82. The van der Waals surface area contributed by atoms with Crippen LogP contribution in [0.15, 0.2) is 0 Å². The highest BCUT2D eigenvalue weighted by molar-refractivity contribution is 7.97. The molecule has 40 valence electrons. The lowest BCUT2D eigenvalue weighted by Crippen LogP contribution is -3.00. The van der Waals surface area contributed by atoms with Gasteiger partial charge in [0.1, 0.15) is 5.44 Å². The fraction of sp³-hybridized carbons (Fsp3) is 1.00. The van der Waals surface area contributed by atoms with Gasteiger partial charge in [-0.3, -0.25) is 5.14 Å². The van der Waals surface area contributed by atoms with Gasteiger partial charge in [-0.15, -0.1) is 0 Å². The minimum atomic E-state index is -0.421. The van der Waals surface area contributed by atoms with Crippen molar-refractivity contribution < 1.29 is 18.9 Å². The van der Waals surface area contributed by atoms with Gasteiger partial charge < -0.3 is 17.5 Å². The lowest BCUT2D eigenvalue weighted by Gasteiger charge is -1.90. The molecular weight excluding hydrogens is 122 g/mol. The van der Waals surface area contributed by atoms with E-state index in [1.165, 1.54) is 0 Å². The minimum absolute atomic E-state index is 0. The summed E-state index contributed by atoms with van der Waals surface area (Å²) in [7, 11) is 0. The zero-order chi connectivity index (χ0) is 4.28. The maximum Gasteiger partial charge on any atom is 1.00 e. The molecule has 4 heteroatoms. The van der Waals surface area contributed by atoms with Crippen LogP contribution in [0.2, 0.25) is 0 Å². The number of hydrogen-bond donors (Lipinski definition) is 2. The molecule has 0 aromatic carbocycles. The van der Waals surface area contributed by atoms with Crippen LogP contribution in [0, 0.1) is 0 Å². The Labute approximate surface area is 49.1 Å². The highest BCUT2D eigenvalue weighted by Crippen LogP contribution is 1.91. The van der Waals surface area contributed by atoms with Crippen LogP contribution in [0.5, 0.6) is 0 Å². The Bertz CT molecular complexity index is 31.7. The van der Waals surface area contributed by atoms with E-state index in [1.54, 1.807) is 6.92 Å². The molecule has 0 saturated heterocycles. The number of nitrogens with two attached hydrogens (primary N) is 1. The summed E-state index contributed by atoms with van der Waals surface area (Å²) >= 11 is 0.935. The highest BCUT2D eigenvalue weighted by atomic mass is 35.5. The smallest absolute Gasteiger partial charge is 1.00 e. The van der Waals surface area contributed by atoms with Gasteiger partial charge in [-0.1, -0.05) is 11.9 Å². The monoisotopic (exact) mass is 129 g/mol. The molecule has 0 amide bonds. The molecule has 0 heterocycles. The third-order valence-corrected chi connectivity index (χ3v) is 0.591. The normalized spacial score (nSPS) is 12.5. The number of aliphatic hydroxyl groups is 1. The summed E-state index contributed by atoms with van der Waals surface area (Å²) < 4.78 is 0. The Morgan fingerprint density at radius 1 is 2.00 bits per heavy atom. The molecule has 0 aliphatic carbocycles. The lowest BCUT2D eigenvalue weighted by atomic mass is 10.9. The first-order valence-electron chi connectivity index (χ1n) is 1.31. The molecule has 0 aromatic heterocycles. The van der Waals surface area contributed by atoms with Crippen LogP contribution in [0.25, 0.3) is 0 Å². The molecule has 2 nitrogen and oxygen atoms in total. The Balaban J connectivity index is -0.0000000800. The van der Waals surface area contributed by atoms with Gasteiger partial charge in [0.15, 0.2) is 0 Å². The van der Waals surface area contributed by atoms with Crippen molar-refractivity contribution in [2.24, 2.45) is 5.14 Å². The van der Waals surface area contributed by atoms with Crippen molar-refractivity contribution in [3.63, 3.8) is 0 Å². The van der Waals surface area contributed by atoms with Crippen LogP contribution in [0.1, 0.15) is 8.35 Å². The summed E-state index contributed by atoms with van der Waals surface area (Å²) in [6.45, 7) is 1.62. The molecule has 0 bridgehead atoms. The van der Waals surface area contributed by atoms with Crippen molar-refractivity contribution in [3.05, 3.63) is 0 Å². The Morgan fingerprint density at radius 2 is 2.17 bits per heavy atom. The number of hydrogen-bond acceptors (Lipinski definition) is 3. The zero-order valence-electron chi connectivity index (χ0n) is 4.39. The number of halogens is 1. The van der Waals surface area contributed by atoms with Crippen molar-refractivity contribution >= 4 is 11.9 Å². The van der Waals surface area contributed by atoms with Gasteiger partial charge in [-0.25, -0.2) is 0 Å². The molecule has 0 fully saturated rings. The highest BCUT2D eigenvalue weighted by Gasteiger charge is 1.82. The van der Waals surface area contributed by atoms with Gasteiger partial charge in [-0.2, -0.15) is 0 Å². The van der Waals surface area contributed by atoms with E-state index in [1.807, 2.05) is 0 Å². The molecule has 0 aliphatic heterocycles. The molecule has 0 aliphatic rings. The summed E-state index contributed by atoms with van der Waals surface area (Å²) in [5.74, 6) is 0.